The van der Waals surface area contributed by atoms with Crippen LogP contribution in [0.2, 0.25) is 5.02 Å². The molecule has 0 aliphatic carbocycles. The average Bonchev–Trinajstić information content (AvgIpc) is 3.25. The van der Waals surface area contributed by atoms with Crippen LogP contribution in [0.15, 0.2) is 53.4 Å². The van der Waals surface area contributed by atoms with E-state index in [1.807, 2.05) is 18.2 Å². The molecule has 0 radical (unpaired) electrons. The molecule has 1 aliphatic heterocycles. The van der Waals surface area contributed by atoms with Gasteiger partial charge in [-0.15, -0.1) is 10.2 Å². The molecular weight excluding hydrogens is 420 g/mol. The molecule has 1 saturated heterocycles. The first-order chi connectivity index (χ1) is 14.3. The van der Waals surface area contributed by atoms with Crippen LogP contribution in [0.3, 0.4) is 0 Å². The van der Waals surface area contributed by atoms with Crippen molar-refractivity contribution in [1.29, 1.82) is 0 Å². The minimum Gasteiger partial charge on any atom is -0.355 e. The lowest BCUT2D eigenvalue weighted by Crippen LogP contribution is -2.19. The van der Waals surface area contributed by atoms with Crippen LogP contribution in [-0.4, -0.2) is 31.7 Å². The van der Waals surface area contributed by atoms with E-state index in [0.29, 0.717) is 27.5 Å². The summed E-state index contributed by atoms with van der Waals surface area (Å²) < 4.78 is 28.5. The third-order valence-electron chi connectivity index (χ3n) is 5.24. The molecular formula is C22H23ClN4O2S. The Balaban J connectivity index is 1.58. The van der Waals surface area contributed by atoms with Gasteiger partial charge in [0.1, 0.15) is 0 Å². The number of benzene rings is 2. The molecule has 2 aromatic carbocycles. The van der Waals surface area contributed by atoms with Crippen LogP contribution in [0.4, 0.5) is 11.5 Å². The molecule has 1 N–H and O–H groups in total. The summed E-state index contributed by atoms with van der Waals surface area (Å²) in [6, 6.07) is 14.3. The normalized spacial score (nSPS) is 14.2. The molecule has 1 aliphatic rings. The van der Waals surface area contributed by atoms with Crippen LogP contribution in [0, 0.1) is 13.8 Å². The second kappa shape index (κ2) is 8.24. The van der Waals surface area contributed by atoms with E-state index in [1.54, 1.807) is 44.2 Å². The summed E-state index contributed by atoms with van der Waals surface area (Å²) in [5.74, 6) is 0.877. The van der Waals surface area contributed by atoms with Gasteiger partial charge in [0.2, 0.25) is 0 Å². The molecule has 0 spiro atoms. The third-order valence-corrected chi connectivity index (χ3v) is 7.17. The second-order valence-electron chi connectivity index (χ2n) is 7.52. The molecule has 0 amide bonds. The maximum Gasteiger partial charge on any atom is 0.262 e. The fraction of sp³-hybridized carbons (Fsp3) is 0.273. The van der Waals surface area contributed by atoms with E-state index in [4.69, 9.17) is 11.6 Å². The Morgan fingerprint density at radius 2 is 1.73 bits per heavy atom. The van der Waals surface area contributed by atoms with Crippen molar-refractivity contribution in [3.63, 3.8) is 0 Å². The maximum absolute atomic E-state index is 12.9. The first-order valence-electron chi connectivity index (χ1n) is 9.82. The van der Waals surface area contributed by atoms with Crippen molar-refractivity contribution in [2.24, 2.45) is 0 Å². The topological polar surface area (TPSA) is 75.2 Å². The van der Waals surface area contributed by atoms with Crippen molar-refractivity contribution in [3.05, 3.63) is 64.7 Å². The van der Waals surface area contributed by atoms with E-state index in [-0.39, 0.29) is 4.90 Å². The van der Waals surface area contributed by atoms with E-state index in [9.17, 15) is 8.42 Å². The third kappa shape index (κ3) is 4.27. The van der Waals surface area contributed by atoms with Crippen LogP contribution in [0.1, 0.15) is 24.0 Å². The number of nitrogens with zero attached hydrogens (tertiary/aromatic N) is 3. The Kier molecular flexibility index (Phi) is 5.66. The van der Waals surface area contributed by atoms with Gasteiger partial charge in [-0.25, -0.2) is 8.42 Å². The van der Waals surface area contributed by atoms with Crippen molar-refractivity contribution >= 4 is 33.1 Å². The van der Waals surface area contributed by atoms with Crippen LogP contribution >= 0.6 is 11.6 Å². The summed E-state index contributed by atoms with van der Waals surface area (Å²) in [5.41, 5.74) is 3.25. The van der Waals surface area contributed by atoms with Gasteiger partial charge in [0, 0.05) is 29.4 Å². The number of nitrogens with one attached hydrogen (secondary N) is 1. The largest absolute Gasteiger partial charge is 0.355 e. The molecule has 0 saturated carbocycles. The molecule has 30 heavy (non-hydrogen) atoms. The highest BCUT2D eigenvalue weighted by atomic mass is 35.5. The monoisotopic (exact) mass is 442 g/mol. The van der Waals surface area contributed by atoms with Crippen LogP contribution in [0.5, 0.6) is 0 Å². The van der Waals surface area contributed by atoms with Crippen LogP contribution in [0.25, 0.3) is 11.3 Å². The first-order valence-corrected chi connectivity index (χ1v) is 11.7. The smallest absolute Gasteiger partial charge is 0.262 e. The van der Waals surface area contributed by atoms with Crippen molar-refractivity contribution in [2.45, 2.75) is 31.6 Å². The molecule has 8 heteroatoms. The highest BCUT2D eigenvalue weighted by Crippen LogP contribution is 2.27. The lowest BCUT2D eigenvalue weighted by molar-refractivity contribution is 0.600. The van der Waals surface area contributed by atoms with Gasteiger partial charge in [-0.1, -0.05) is 23.7 Å². The van der Waals surface area contributed by atoms with Crippen molar-refractivity contribution in [1.82, 2.24) is 10.2 Å². The van der Waals surface area contributed by atoms with Gasteiger partial charge in [0.15, 0.2) is 5.82 Å². The molecule has 4 rings (SSSR count). The van der Waals surface area contributed by atoms with E-state index in [0.717, 1.165) is 24.5 Å². The first kappa shape index (κ1) is 20.6. The second-order valence-corrected chi connectivity index (χ2v) is 9.58. The van der Waals surface area contributed by atoms with Crippen molar-refractivity contribution in [3.8, 4) is 11.3 Å². The van der Waals surface area contributed by atoms with Gasteiger partial charge >= 0.3 is 0 Å². The quantitative estimate of drug-likeness (QED) is 0.613. The lowest BCUT2D eigenvalue weighted by atomic mass is 10.1. The lowest BCUT2D eigenvalue weighted by Gasteiger charge is -2.15. The van der Waals surface area contributed by atoms with E-state index >= 15 is 0 Å². The summed E-state index contributed by atoms with van der Waals surface area (Å²) in [6.45, 7) is 5.53. The number of hydrogen-bond donors (Lipinski definition) is 1. The zero-order valence-electron chi connectivity index (χ0n) is 16.9. The Morgan fingerprint density at radius 1 is 0.967 bits per heavy atom. The van der Waals surface area contributed by atoms with E-state index in [1.165, 1.54) is 12.8 Å². The van der Waals surface area contributed by atoms with Gasteiger partial charge in [-0.05, 0) is 74.2 Å². The van der Waals surface area contributed by atoms with E-state index in [2.05, 4.69) is 19.8 Å². The fourth-order valence-electron chi connectivity index (χ4n) is 3.59. The summed E-state index contributed by atoms with van der Waals surface area (Å²) in [5, 5.41) is 9.23. The van der Waals surface area contributed by atoms with Crippen molar-refractivity contribution < 1.29 is 8.42 Å². The van der Waals surface area contributed by atoms with Crippen LogP contribution < -0.4 is 9.62 Å². The van der Waals surface area contributed by atoms with E-state index < -0.39 is 10.0 Å². The fourth-order valence-corrected chi connectivity index (χ4v) is 5.17. The summed E-state index contributed by atoms with van der Waals surface area (Å²) >= 11 is 6.11. The highest BCUT2D eigenvalue weighted by Gasteiger charge is 2.19. The minimum atomic E-state index is -3.75. The number of rotatable bonds is 5. The number of anilines is 2. The van der Waals surface area contributed by atoms with Gasteiger partial charge in [0.05, 0.1) is 10.6 Å². The van der Waals surface area contributed by atoms with Gasteiger partial charge in [0.25, 0.3) is 10.0 Å². The number of sulfonamides is 1. The molecule has 1 aromatic heterocycles. The highest BCUT2D eigenvalue weighted by molar-refractivity contribution is 7.92. The number of aryl methyl sites for hydroxylation is 2. The molecule has 6 nitrogen and oxygen atoms in total. The number of halogens is 1. The molecule has 3 aromatic rings. The Hall–Kier alpha value is -2.64. The molecule has 0 unspecified atom stereocenters. The molecule has 156 valence electrons. The Labute approximate surface area is 182 Å². The Morgan fingerprint density at radius 3 is 2.43 bits per heavy atom. The number of aromatic nitrogens is 2. The SMILES string of the molecule is Cc1cc(S(=O)(=O)Nc2cccc(-c3ccc(N4CCCC4)nn3)c2)c(C)cc1Cl. The summed E-state index contributed by atoms with van der Waals surface area (Å²) in [4.78, 5) is 2.43. The van der Waals surface area contributed by atoms with Gasteiger partial charge < -0.3 is 4.90 Å². The van der Waals surface area contributed by atoms with Gasteiger partial charge in [-0.3, -0.25) is 4.72 Å². The maximum atomic E-state index is 12.9. The zero-order valence-corrected chi connectivity index (χ0v) is 18.5. The summed E-state index contributed by atoms with van der Waals surface area (Å²) in [6.07, 6.45) is 2.36. The number of hydrogen-bond acceptors (Lipinski definition) is 5. The van der Waals surface area contributed by atoms with Gasteiger partial charge in [-0.2, -0.15) is 0 Å². The minimum absolute atomic E-state index is 0.213. The average molecular weight is 443 g/mol. The van der Waals surface area contributed by atoms with Crippen LogP contribution in [-0.2, 0) is 10.0 Å². The molecule has 1 fully saturated rings. The molecule has 0 atom stereocenters. The standard InChI is InChI=1S/C22H23ClN4O2S/c1-15-13-21(16(2)12-19(15)23)30(28,29)26-18-7-5-6-17(14-18)20-8-9-22(25-24-20)27-10-3-4-11-27/h5-9,12-14,26H,3-4,10-11H2,1-2H3. The summed E-state index contributed by atoms with van der Waals surface area (Å²) in [7, 11) is -3.75. The predicted molar refractivity (Wildman–Crippen MR) is 121 cm³/mol. The molecule has 0 bridgehead atoms. The van der Waals surface area contributed by atoms with Crippen molar-refractivity contribution in [2.75, 3.05) is 22.7 Å². The molecule has 2 heterocycles. The zero-order chi connectivity index (χ0) is 21.3. The predicted octanol–water partition coefficient (Wildman–Crippen LogP) is 4.81. The Bertz CT molecular complexity index is 1170.